The van der Waals surface area contributed by atoms with Crippen molar-refractivity contribution < 1.29 is 9.59 Å². The maximum Gasteiger partial charge on any atom is 0.331 e. The Balaban J connectivity index is 2.29. The summed E-state index contributed by atoms with van der Waals surface area (Å²) in [6, 6.07) is 8.68. The Kier molecular flexibility index (Phi) is 3.94. The largest absolute Gasteiger partial charge is 0.331 e. The highest BCUT2D eigenvalue weighted by atomic mass is 32.1. The van der Waals surface area contributed by atoms with Gasteiger partial charge in [0.15, 0.2) is 4.99 Å². The summed E-state index contributed by atoms with van der Waals surface area (Å²) in [5.74, 6) is 0. The van der Waals surface area contributed by atoms with Crippen molar-refractivity contribution in [2.75, 3.05) is 0 Å². The van der Waals surface area contributed by atoms with E-state index >= 15 is 0 Å². The van der Waals surface area contributed by atoms with Crippen LogP contribution in [0, 0.1) is 0 Å². The van der Waals surface area contributed by atoms with Crippen LogP contribution >= 0.6 is 12.6 Å². The molecule has 1 atom stereocenters. The summed E-state index contributed by atoms with van der Waals surface area (Å²) in [5, 5.41) is 2.74. The Bertz CT molecular complexity index is 516. The van der Waals surface area contributed by atoms with Gasteiger partial charge >= 0.3 is 12.1 Å². The second-order valence-corrected chi connectivity index (χ2v) is 6.14. The fourth-order valence-electron chi connectivity index (χ4n) is 2.18. The van der Waals surface area contributed by atoms with Gasteiger partial charge in [-0.2, -0.15) is 0 Å². The van der Waals surface area contributed by atoms with Crippen LogP contribution in [0.1, 0.15) is 26.3 Å². The normalized spacial score (nSPS) is 23.2. The number of nitrogens with zero attached hydrogens (tertiary/aromatic N) is 2. The molecule has 0 radical (unpaired) electrons. The van der Waals surface area contributed by atoms with Gasteiger partial charge in [-0.05, 0) is 26.3 Å². The third-order valence-electron chi connectivity index (χ3n) is 3.23. The highest BCUT2D eigenvalue weighted by Crippen LogP contribution is 2.26. The molecule has 1 fully saturated rings. The lowest BCUT2D eigenvalue weighted by Gasteiger charge is -2.46. The molecular formula is C14H19N3O2S. The summed E-state index contributed by atoms with van der Waals surface area (Å²) in [4.78, 5) is 26.3. The number of hydrogen-bond donors (Lipinski definition) is 2. The van der Waals surface area contributed by atoms with Crippen molar-refractivity contribution in [3.05, 3.63) is 35.9 Å². The summed E-state index contributed by atoms with van der Waals surface area (Å²) < 4.78 is 0. The molecule has 1 aromatic carbocycles. The number of benzene rings is 1. The standard InChI is InChI=1S/C14H19N3O2S/c1-10(2)17-12(18)15-14(3,20)16(13(17)19)9-11-7-5-4-6-8-11/h4-8,10,20H,9H2,1-3H3,(H,15,18). The first-order chi connectivity index (χ1) is 9.33. The molecule has 0 spiro atoms. The third-order valence-corrected chi connectivity index (χ3v) is 3.58. The zero-order valence-electron chi connectivity index (χ0n) is 11.8. The van der Waals surface area contributed by atoms with Crippen LogP contribution < -0.4 is 5.32 Å². The molecule has 1 aliphatic heterocycles. The molecule has 0 aromatic heterocycles. The molecule has 1 N–H and O–H groups in total. The first-order valence-electron chi connectivity index (χ1n) is 6.52. The van der Waals surface area contributed by atoms with E-state index in [9.17, 15) is 9.59 Å². The highest BCUT2D eigenvalue weighted by Gasteiger charge is 2.44. The summed E-state index contributed by atoms with van der Waals surface area (Å²) in [5.41, 5.74) is 0.987. The Morgan fingerprint density at radius 3 is 2.40 bits per heavy atom. The minimum atomic E-state index is -1.00. The second kappa shape index (κ2) is 5.36. The number of carbonyl (C=O) groups excluding carboxylic acids is 2. The molecule has 5 nitrogen and oxygen atoms in total. The lowest BCUT2D eigenvalue weighted by Crippen LogP contribution is -2.69. The molecule has 0 saturated carbocycles. The van der Waals surface area contributed by atoms with Crippen LogP contribution in [0.2, 0.25) is 0 Å². The average Bonchev–Trinajstić information content (AvgIpc) is 2.34. The predicted molar refractivity (Wildman–Crippen MR) is 80.3 cm³/mol. The molecule has 6 heteroatoms. The van der Waals surface area contributed by atoms with Crippen LogP contribution in [-0.2, 0) is 6.54 Å². The van der Waals surface area contributed by atoms with E-state index in [1.54, 1.807) is 25.7 Å². The molecule has 0 bridgehead atoms. The fourth-order valence-corrected chi connectivity index (χ4v) is 2.43. The quantitative estimate of drug-likeness (QED) is 0.842. The maximum atomic E-state index is 12.5. The lowest BCUT2D eigenvalue weighted by molar-refractivity contribution is 0.0842. The van der Waals surface area contributed by atoms with Gasteiger partial charge in [-0.25, -0.2) is 14.5 Å². The third kappa shape index (κ3) is 2.75. The van der Waals surface area contributed by atoms with Crippen LogP contribution in [0.25, 0.3) is 0 Å². The van der Waals surface area contributed by atoms with E-state index in [0.29, 0.717) is 6.54 Å². The monoisotopic (exact) mass is 293 g/mol. The summed E-state index contributed by atoms with van der Waals surface area (Å²) in [6.07, 6.45) is 0. The molecule has 2 rings (SSSR count). The zero-order chi connectivity index (χ0) is 14.9. The second-order valence-electron chi connectivity index (χ2n) is 5.27. The van der Waals surface area contributed by atoms with E-state index in [0.717, 1.165) is 5.56 Å². The van der Waals surface area contributed by atoms with Gasteiger partial charge in [0.1, 0.15) is 0 Å². The van der Waals surface area contributed by atoms with Crippen LogP contribution in [0.4, 0.5) is 9.59 Å². The molecule has 1 unspecified atom stereocenters. The number of amides is 4. The number of imide groups is 1. The average molecular weight is 293 g/mol. The van der Waals surface area contributed by atoms with Crippen molar-refractivity contribution in [3.63, 3.8) is 0 Å². The molecule has 1 heterocycles. The number of nitrogens with one attached hydrogen (secondary N) is 1. The van der Waals surface area contributed by atoms with Crippen LogP contribution in [0.5, 0.6) is 0 Å². The Labute approximate surface area is 124 Å². The zero-order valence-corrected chi connectivity index (χ0v) is 12.7. The van der Waals surface area contributed by atoms with E-state index in [2.05, 4.69) is 17.9 Å². The van der Waals surface area contributed by atoms with Crippen molar-refractivity contribution in [3.8, 4) is 0 Å². The Morgan fingerprint density at radius 1 is 1.25 bits per heavy atom. The smallest absolute Gasteiger partial charge is 0.306 e. The van der Waals surface area contributed by atoms with Crippen molar-refractivity contribution in [2.45, 2.75) is 38.4 Å². The maximum absolute atomic E-state index is 12.5. The van der Waals surface area contributed by atoms with E-state index in [1.165, 1.54) is 4.90 Å². The molecule has 108 valence electrons. The van der Waals surface area contributed by atoms with E-state index in [-0.39, 0.29) is 12.1 Å². The fraction of sp³-hybridized carbons (Fsp3) is 0.429. The first-order valence-corrected chi connectivity index (χ1v) is 6.97. The topological polar surface area (TPSA) is 52.7 Å². The van der Waals surface area contributed by atoms with Gasteiger partial charge in [-0.1, -0.05) is 30.3 Å². The van der Waals surface area contributed by atoms with Gasteiger partial charge < -0.3 is 5.32 Å². The minimum Gasteiger partial charge on any atom is -0.306 e. The molecule has 1 aromatic rings. The Hall–Kier alpha value is -1.69. The van der Waals surface area contributed by atoms with Gasteiger partial charge in [0, 0.05) is 6.04 Å². The van der Waals surface area contributed by atoms with Gasteiger partial charge in [-0.3, -0.25) is 4.90 Å². The number of rotatable bonds is 3. The first kappa shape index (κ1) is 14.7. The van der Waals surface area contributed by atoms with E-state index in [4.69, 9.17) is 0 Å². The lowest BCUT2D eigenvalue weighted by atomic mass is 10.2. The van der Waals surface area contributed by atoms with Gasteiger partial charge in [0.2, 0.25) is 0 Å². The highest BCUT2D eigenvalue weighted by molar-refractivity contribution is 7.81. The van der Waals surface area contributed by atoms with Crippen LogP contribution in [-0.4, -0.2) is 32.9 Å². The van der Waals surface area contributed by atoms with Crippen LogP contribution in [0.15, 0.2) is 30.3 Å². The van der Waals surface area contributed by atoms with Crippen molar-refractivity contribution >= 4 is 24.7 Å². The Morgan fingerprint density at radius 2 is 1.85 bits per heavy atom. The molecule has 4 amide bonds. The number of urea groups is 2. The summed E-state index contributed by atoms with van der Waals surface area (Å²) in [7, 11) is 0. The van der Waals surface area contributed by atoms with Crippen molar-refractivity contribution in [1.82, 2.24) is 15.1 Å². The van der Waals surface area contributed by atoms with Gasteiger partial charge in [-0.15, -0.1) is 12.6 Å². The number of carbonyl (C=O) groups is 2. The summed E-state index contributed by atoms with van der Waals surface area (Å²) in [6.45, 7) is 5.70. The van der Waals surface area contributed by atoms with Crippen molar-refractivity contribution in [1.29, 1.82) is 0 Å². The number of hydrogen-bond acceptors (Lipinski definition) is 3. The SMILES string of the molecule is CC(C)N1C(=O)NC(C)(S)N(Cc2ccccc2)C1=O. The van der Waals surface area contributed by atoms with Gasteiger partial charge in [0.25, 0.3) is 0 Å². The molecular weight excluding hydrogens is 274 g/mol. The predicted octanol–water partition coefficient (Wildman–Crippen LogP) is 2.65. The molecule has 0 aliphatic carbocycles. The number of thiol groups is 1. The summed E-state index contributed by atoms with van der Waals surface area (Å²) >= 11 is 4.42. The van der Waals surface area contributed by atoms with E-state index < -0.39 is 11.0 Å². The van der Waals surface area contributed by atoms with Crippen LogP contribution in [0.3, 0.4) is 0 Å². The van der Waals surface area contributed by atoms with E-state index in [1.807, 2.05) is 30.3 Å². The molecule has 1 aliphatic rings. The molecule has 20 heavy (non-hydrogen) atoms. The minimum absolute atomic E-state index is 0.204. The van der Waals surface area contributed by atoms with Crippen molar-refractivity contribution in [2.24, 2.45) is 0 Å². The molecule has 1 saturated heterocycles. The van der Waals surface area contributed by atoms with Gasteiger partial charge in [0.05, 0.1) is 6.54 Å².